The fraction of sp³-hybridized carbons (Fsp3) is 0.556. The van der Waals surface area contributed by atoms with E-state index < -0.39 is 44.1 Å². The number of hydrogen-bond acceptors (Lipinski definition) is 8. The van der Waals surface area contributed by atoms with Crippen molar-refractivity contribution in [1.82, 2.24) is 28.6 Å². The van der Waals surface area contributed by atoms with E-state index in [2.05, 4.69) is 44.6 Å². The minimum Gasteiger partial charge on any atom is -0.244 e. The quantitative estimate of drug-likeness (QED) is 0.163. The molecular formula is C27H30F6N6O3S2Se. The molecule has 1 aliphatic heterocycles. The van der Waals surface area contributed by atoms with E-state index in [0.29, 0.717) is 17.0 Å². The monoisotopic (exact) mass is 744 g/mol. The van der Waals surface area contributed by atoms with Crippen LogP contribution < -0.4 is 4.72 Å². The van der Waals surface area contributed by atoms with E-state index in [0.717, 1.165) is 66.1 Å². The first-order valence-electron chi connectivity index (χ1n) is 14.1. The summed E-state index contributed by atoms with van der Waals surface area (Å²) in [6.45, 7) is 7.54. The summed E-state index contributed by atoms with van der Waals surface area (Å²) in [7, 11) is -1.01. The first-order valence-corrected chi connectivity index (χ1v) is 17.8. The minimum atomic E-state index is -5.23. The molecule has 6 rings (SSSR count). The zero-order valence-electron chi connectivity index (χ0n) is 24.4. The zero-order valence-corrected chi connectivity index (χ0v) is 27.7. The van der Waals surface area contributed by atoms with E-state index in [4.69, 9.17) is 9.78 Å². The molecule has 2 fully saturated rings. The smallest absolute Gasteiger partial charge is 0.244 e. The molecule has 45 heavy (non-hydrogen) atoms. The van der Waals surface area contributed by atoms with Gasteiger partial charge in [-0.3, -0.25) is 0 Å². The van der Waals surface area contributed by atoms with Crippen LogP contribution in [-0.4, -0.2) is 78.6 Å². The van der Waals surface area contributed by atoms with Crippen LogP contribution in [0.5, 0.6) is 0 Å². The standard InChI is InChI=1S/C25H30F2N6OS2Se.C2F4O2/c1-14(2)36(34)32-10-6-15(7-11-32)18-12-17(35-31-25(3)8-9-25)13-33-20(19(16-4-5-16)28-22(18)33)23-29-30-24(37-23)21(26)27;3-2(4,5)1(7)8-6/h6,12-14,16,21,31H,4-5,7-11H2,1-3H3;. The molecule has 246 valence electrons. The second kappa shape index (κ2) is 13.5. The van der Waals surface area contributed by atoms with Gasteiger partial charge in [-0.2, -0.15) is 13.2 Å². The first kappa shape index (κ1) is 34.1. The minimum absolute atomic E-state index is 0.0848. The molecule has 2 aliphatic carbocycles. The van der Waals surface area contributed by atoms with Crippen molar-refractivity contribution in [1.29, 1.82) is 0 Å². The van der Waals surface area contributed by atoms with Gasteiger partial charge in [0.2, 0.25) is 0 Å². The average Bonchev–Trinajstić information content (AvgIpc) is 3.89. The van der Waals surface area contributed by atoms with Crippen LogP contribution in [0.4, 0.5) is 26.5 Å². The Bertz CT molecular complexity index is 1620. The van der Waals surface area contributed by atoms with Gasteiger partial charge in [0.25, 0.3) is 0 Å². The van der Waals surface area contributed by atoms with Crippen LogP contribution >= 0.6 is 11.9 Å². The fourth-order valence-electron chi connectivity index (χ4n) is 4.57. The second-order valence-corrected chi connectivity index (χ2v) is 16.5. The van der Waals surface area contributed by atoms with Gasteiger partial charge in [-0.05, 0) is 0 Å². The van der Waals surface area contributed by atoms with E-state index in [-0.39, 0.29) is 15.4 Å². The predicted molar refractivity (Wildman–Crippen MR) is 157 cm³/mol. The van der Waals surface area contributed by atoms with Crippen molar-refractivity contribution in [2.24, 2.45) is 0 Å². The number of carbonyl (C=O) groups excluding carboxylic acids is 1. The first-order chi connectivity index (χ1) is 21.2. The number of hydrogen-bond donors (Lipinski definition) is 1. The maximum Gasteiger partial charge on any atom is 0.494 e. The number of nitrogens with one attached hydrogen (secondary N) is 1. The maximum atomic E-state index is 13.4. The number of rotatable bonds is 9. The summed E-state index contributed by atoms with van der Waals surface area (Å²) in [6, 6.07) is 2.19. The number of pyridine rings is 1. The number of alkyl halides is 5. The summed E-state index contributed by atoms with van der Waals surface area (Å²) in [5.74, 6) is -2.50. The zero-order chi connectivity index (χ0) is 32.7. The van der Waals surface area contributed by atoms with E-state index in [1.165, 1.54) is 5.57 Å². The van der Waals surface area contributed by atoms with Crippen LogP contribution in [0.25, 0.3) is 21.5 Å². The third kappa shape index (κ3) is 8.01. The molecule has 3 aromatic rings. The second-order valence-electron chi connectivity index (χ2n) is 11.5. The molecule has 1 N–H and O–H groups in total. The number of nitrogens with zero attached hydrogens (tertiary/aromatic N) is 5. The molecular weight excluding hydrogens is 713 g/mol. The molecule has 0 radical (unpaired) electrons. The molecule has 4 heterocycles. The molecule has 0 bridgehead atoms. The molecule has 3 aliphatic rings. The van der Waals surface area contributed by atoms with Gasteiger partial charge in [0.15, 0.2) is 0 Å². The Morgan fingerprint density at radius 1 is 1.24 bits per heavy atom. The SMILES string of the molecule is CC(C)S(=O)N1CC=C(c2cc(SNC3(C)CC3)cn3c(-c4nnc(C(F)F)[se]4)c(C4CC4)nc23)CC1.O=C(OF)C(F)(F)F. The largest absolute Gasteiger partial charge is 0.494 e. The van der Waals surface area contributed by atoms with Gasteiger partial charge in [0, 0.05) is 4.53 Å². The molecule has 2 saturated carbocycles. The van der Waals surface area contributed by atoms with Crippen molar-refractivity contribution in [2.45, 2.75) is 87.1 Å². The normalized spacial score (nSPS) is 19.0. The molecule has 18 heteroatoms. The number of aromatic nitrogens is 4. The maximum absolute atomic E-state index is 13.4. The number of imidazole rings is 1. The molecule has 0 aromatic carbocycles. The summed E-state index contributed by atoms with van der Waals surface area (Å²) >= 11 is 0.991. The van der Waals surface area contributed by atoms with Crippen molar-refractivity contribution >= 4 is 54.6 Å². The number of halogens is 6. The van der Waals surface area contributed by atoms with Crippen LogP contribution in [0.1, 0.15) is 81.0 Å². The molecule has 9 nitrogen and oxygen atoms in total. The van der Waals surface area contributed by atoms with Gasteiger partial charge in [-0.1, -0.05) is 0 Å². The topological polar surface area (TPSA) is 102 Å². The van der Waals surface area contributed by atoms with Crippen molar-refractivity contribution in [3.05, 3.63) is 34.2 Å². The molecule has 3 aromatic heterocycles. The van der Waals surface area contributed by atoms with Crippen LogP contribution in [0, 0.1) is 0 Å². The van der Waals surface area contributed by atoms with E-state index in [1.807, 2.05) is 23.1 Å². The third-order valence-corrected chi connectivity index (χ3v) is 12.1. The van der Waals surface area contributed by atoms with Gasteiger partial charge < -0.3 is 0 Å². The van der Waals surface area contributed by atoms with Crippen molar-refractivity contribution in [3.8, 4) is 10.3 Å². The summed E-state index contributed by atoms with van der Waals surface area (Å²) in [5.41, 5.74) is 5.03. The van der Waals surface area contributed by atoms with Gasteiger partial charge >= 0.3 is 241 Å². The molecule has 0 amide bonds. The fourth-order valence-corrected chi connectivity index (χ4v) is 8.14. The molecule has 1 atom stereocenters. The van der Waals surface area contributed by atoms with E-state index in [1.54, 1.807) is 11.9 Å². The molecule has 1 unspecified atom stereocenters. The molecule has 0 saturated heterocycles. The number of fused-ring (bicyclic) bond motifs is 1. The van der Waals surface area contributed by atoms with Crippen LogP contribution in [0.2, 0.25) is 0 Å². The van der Waals surface area contributed by atoms with E-state index >= 15 is 0 Å². The summed E-state index contributed by atoms with van der Waals surface area (Å²) in [4.78, 5) is 17.1. The molecule has 0 spiro atoms. The Morgan fingerprint density at radius 3 is 2.44 bits per heavy atom. The van der Waals surface area contributed by atoms with Gasteiger partial charge in [0.1, 0.15) is 0 Å². The summed E-state index contributed by atoms with van der Waals surface area (Å²) < 4.78 is 90.2. The van der Waals surface area contributed by atoms with Crippen LogP contribution in [0.15, 0.2) is 23.2 Å². The Balaban J connectivity index is 0.000000444. The summed E-state index contributed by atoms with van der Waals surface area (Å²) in [5, 5.41) is 8.14. The van der Waals surface area contributed by atoms with Crippen LogP contribution in [-0.2, 0) is 20.7 Å². The van der Waals surface area contributed by atoms with Crippen molar-refractivity contribution < 1.29 is 40.4 Å². The Labute approximate surface area is 267 Å². The van der Waals surface area contributed by atoms with E-state index in [9.17, 15) is 30.7 Å². The van der Waals surface area contributed by atoms with Gasteiger partial charge in [-0.15, -0.1) is 0 Å². The summed E-state index contributed by atoms with van der Waals surface area (Å²) in [6.07, 6.45) is 1.61. The Hall–Kier alpha value is -2.24. The number of carbonyl (C=O) groups is 1. The predicted octanol–water partition coefficient (Wildman–Crippen LogP) is 5.95. The van der Waals surface area contributed by atoms with Gasteiger partial charge in [0.05, 0.1) is 0 Å². The van der Waals surface area contributed by atoms with Crippen molar-refractivity contribution in [3.63, 3.8) is 0 Å². The Morgan fingerprint density at radius 2 is 1.96 bits per heavy atom. The average molecular weight is 744 g/mol. The van der Waals surface area contributed by atoms with Crippen molar-refractivity contribution in [2.75, 3.05) is 13.1 Å². The third-order valence-electron chi connectivity index (χ3n) is 7.41. The Kier molecular flexibility index (Phi) is 10.2. The van der Waals surface area contributed by atoms with Crippen LogP contribution in [0.3, 0.4) is 0 Å². The van der Waals surface area contributed by atoms with Gasteiger partial charge in [-0.25, -0.2) is 9.74 Å².